The van der Waals surface area contributed by atoms with Crippen LogP contribution in [0.4, 0.5) is 24.5 Å². The molecular formula is C16H17F3N2O3S. The summed E-state index contributed by atoms with van der Waals surface area (Å²) in [6, 6.07) is 3.60. The Morgan fingerprint density at radius 3 is 2.60 bits per heavy atom. The molecule has 1 heterocycles. The van der Waals surface area contributed by atoms with Crippen LogP contribution < -0.4 is 10.2 Å². The molecule has 0 spiro atoms. The van der Waals surface area contributed by atoms with Crippen molar-refractivity contribution in [3.05, 3.63) is 24.3 Å². The summed E-state index contributed by atoms with van der Waals surface area (Å²) < 4.78 is 40.5. The molecule has 1 aromatic carbocycles. The molecule has 0 fully saturated rings. The molecule has 1 N–H and O–H groups in total. The lowest BCUT2D eigenvalue weighted by Gasteiger charge is -2.31. The summed E-state index contributed by atoms with van der Waals surface area (Å²) in [4.78, 5) is 36.3. The van der Waals surface area contributed by atoms with Gasteiger partial charge in [0.2, 0.25) is 11.8 Å². The zero-order valence-corrected chi connectivity index (χ0v) is 14.4. The summed E-state index contributed by atoms with van der Waals surface area (Å²) in [5, 5.41) is 1.89. The predicted molar refractivity (Wildman–Crippen MR) is 89.6 cm³/mol. The van der Waals surface area contributed by atoms with Crippen LogP contribution in [0.3, 0.4) is 0 Å². The number of carbonyl (C=O) groups excluding carboxylic acids is 3. The van der Waals surface area contributed by atoms with E-state index in [2.05, 4.69) is 5.32 Å². The standard InChI is InChI=1S/C16H17F3N2O3S/c1-9(22)10(2)25-8-15(24)21-12-6-4-3-5-11(12)20-14(23)7-13(21)16(17,18)19/h3-6,10,13H,7-8H2,1-2H3,(H,20,23)/t10-,13-/m1/s1. The molecule has 9 heteroatoms. The van der Waals surface area contributed by atoms with Gasteiger partial charge in [-0.05, 0) is 26.0 Å². The summed E-state index contributed by atoms with van der Waals surface area (Å²) in [6.07, 6.45) is -5.64. The topological polar surface area (TPSA) is 66.5 Å². The maximum Gasteiger partial charge on any atom is 0.409 e. The highest BCUT2D eigenvalue weighted by molar-refractivity contribution is 8.01. The molecule has 136 valence electrons. The van der Waals surface area contributed by atoms with Gasteiger partial charge in [0.1, 0.15) is 11.8 Å². The molecule has 1 aromatic rings. The maximum atomic E-state index is 13.5. The van der Waals surface area contributed by atoms with Crippen LogP contribution in [0, 0.1) is 0 Å². The van der Waals surface area contributed by atoms with Crippen LogP contribution in [-0.2, 0) is 14.4 Å². The molecule has 0 saturated carbocycles. The number of ketones is 1. The third-order valence-electron chi connectivity index (χ3n) is 3.80. The van der Waals surface area contributed by atoms with Crippen LogP contribution in [0.15, 0.2) is 24.3 Å². The molecule has 0 radical (unpaired) electrons. The van der Waals surface area contributed by atoms with E-state index < -0.39 is 35.7 Å². The zero-order chi connectivity index (χ0) is 18.8. The lowest BCUT2D eigenvalue weighted by molar-refractivity contribution is -0.157. The van der Waals surface area contributed by atoms with Gasteiger partial charge in [0.25, 0.3) is 0 Å². The van der Waals surface area contributed by atoms with E-state index >= 15 is 0 Å². The third-order valence-corrected chi connectivity index (χ3v) is 5.05. The van der Waals surface area contributed by atoms with Gasteiger partial charge >= 0.3 is 6.18 Å². The Kier molecular flexibility index (Phi) is 5.76. The summed E-state index contributed by atoms with van der Waals surface area (Å²) in [7, 11) is 0. The molecule has 2 rings (SSSR count). The van der Waals surface area contributed by atoms with Gasteiger partial charge in [-0.1, -0.05) is 12.1 Å². The first-order valence-corrected chi connectivity index (χ1v) is 8.56. The molecule has 0 aliphatic carbocycles. The Labute approximate surface area is 146 Å². The van der Waals surface area contributed by atoms with Crippen molar-refractivity contribution in [1.29, 1.82) is 0 Å². The SMILES string of the molecule is CC(=O)[C@@H](C)SCC(=O)N1c2ccccc2NC(=O)C[C@@H]1C(F)(F)F. The number of carbonyl (C=O) groups is 3. The van der Waals surface area contributed by atoms with Crippen molar-refractivity contribution >= 4 is 40.7 Å². The minimum atomic E-state index is -4.76. The molecule has 2 atom stereocenters. The number of anilines is 2. The minimum absolute atomic E-state index is 0.00301. The van der Waals surface area contributed by atoms with Gasteiger partial charge in [0, 0.05) is 0 Å². The molecule has 0 saturated heterocycles. The summed E-state index contributed by atoms with van der Waals surface area (Å²) >= 11 is 0.968. The second-order valence-electron chi connectivity index (χ2n) is 5.65. The molecule has 0 aromatic heterocycles. The van der Waals surface area contributed by atoms with Crippen LogP contribution in [0.25, 0.3) is 0 Å². The van der Waals surface area contributed by atoms with E-state index in [0.717, 1.165) is 11.8 Å². The van der Waals surface area contributed by atoms with Crippen molar-refractivity contribution in [1.82, 2.24) is 0 Å². The Bertz CT molecular complexity index is 693. The summed E-state index contributed by atoms with van der Waals surface area (Å²) in [5.41, 5.74) is 0.147. The van der Waals surface area contributed by atoms with E-state index in [1.54, 1.807) is 13.0 Å². The number of thioether (sulfide) groups is 1. The fourth-order valence-corrected chi connectivity index (χ4v) is 3.15. The van der Waals surface area contributed by atoms with Crippen LogP contribution >= 0.6 is 11.8 Å². The number of hydrogen-bond acceptors (Lipinski definition) is 4. The lowest BCUT2D eigenvalue weighted by Crippen LogP contribution is -2.50. The van der Waals surface area contributed by atoms with Crippen molar-refractivity contribution in [2.24, 2.45) is 0 Å². The smallest absolute Gasteiger partial charge is 0.324 e. The molecule has 25 heavy (non-hydrogen) atoms. The van der Waals surface area contributed by atoms with Crippen LogP contribution in [0.2, 0.25) is 0 Å². The molecule has 0 unspecified atom stereocenters. The van der Waals surface area contributed by atoms with Gasteiger partial charge in [-0.3, -0.25) is 19.3 Å². The Morgan fingerprint density at radius 1 is 1.36 bits per heavy atom. The van der Waals surface area contributed by atoms with Gasteiger partial charge < -0.3 is 5.32 Å². The number of benzene rings is 1. The Hall–Kier alpha value is -2.03. The number of halogens is 3. The average molecular weight is 374 g/mol. The van der Waals surface area contributed by atoms with E-state index in [4.69, 9.17) is 0 Å². The molecule has 0 bridgehead atoms. The highest BCUT2D eigenvalue weighted by atomic mass is 32.2. The number of fused-ring (bicyclic) bond motifs is 1. The number of Topliss-reactive ketones (excluding diaryl/α,β-unsaturated/α-hetero) is 1. The van der Waals surface area contributed by atoms with Gasteiger partial charge in [0.05, 0.1) is 28.8 Å². The molecule has 2 amide bonds. The Morgan fingerprint density at radius 2 is 2.00 bits per heavy atom. The second kappa shape index (κ2) is 7.47. The molecule has 1 aliphatic heterocycles. The van der Waals surface area contributed by atoms with E-state index in [9.17, 15) is 27.6 Å². The first kappa shape index (κ1) is 19.3. The number of amides is 2. The number of nitrogens with one attached hydrogen (secondary N) is 1. The average Bonchev–Trinajstić information content (AvgIpc) is 2.67. The first-order valence-electron chi connectivity index (χ1n) is 7.51. The molecule has 1 aliphatic rings. The second-order valence-corrected chi connectivity index (χ2v) is 6.98. The van der Waals surface area contributed by atoms with Crippen LogP contribution in [-0.4, -0.2) is 40.8 Å². The van der Waals surface area contributed by atoms with Crippen molar-refractivity contribution < 1.29 is 27.6 Å². The van der Waals surface area contributed by atoms with E-state index in [1.807, 2.05) is 0 Å². The highest BCUT2D eigenvalue weighted by Gasteiger charge is 2.48. The third kappa shape index (κ3) is 4.53. The van der Waals surface area contributed by atoms with Gasteiger partial charge in [-0.2, -0.15) is 13.2 Å². The number of alkyl halides is 3. The van der Waals surface area contributed by atoms with Crippen LogP contribution in [0.5, 0.6) is 0 Å². The van der Waals surface area contributed by atoms with Gasteiger partial charge in [0.15, 0.2) is 0 Å². The van der Waals surface area contributed by atoms with E-state index in [0.29, 0.717) is 4.90 Å². The molecular weight excluding hydrogens is 357 g/mol. The fourth-order valence-electron chi connectivity index (χ4n) is 2.38. The van der Waals surface area contributed by atoms with Crippen LogP contribution in [0.1, 0.15) is 20.3 Å². The van der Waals surface area contributed by atoms with Crippen molar-refractivity contribution in [2.75, 3.05) is 16.0 Å². The summed E-state index contributed by atoms with van der Waals surface area (Å²) in [6.45, 7) is 2.94. The van der Waals surface area contributed by atoms with E-state index in [-0.39, 0.29) is 22.9 Å². The normalized spacial score (nSPS) is 18.8. The van der Waals surface area contributed by atoms with Gasteiger partial charge in [-0.15, -0.1) is 11.8 Å². The fraction of sp³-hybridized carbons (Fsp3) is 0.438. The number of para-hydroxylation sites is 2. The van der Waals surface area contributed by atoms with Gasteiger partial charge in [-0.25, -0.2) is 0 Å². The summed E-state index contributed by atoms with van der Waals surface area (Å²) in [5.74, 6) is -2.08. The zero-order valence-electron chi connectivity index (χ0n) is 13.6. The highest BCUT2D eigenvalue weighted by Crippen LogP contribution is 2.38. The number of rotatable bonds is 4. The number of hydrogen-bond donors (Lipinski definition) is 1. The van der Waals surface area contributed by atoms with Crippen molar-refractivity contribution in [3.63, 3.8) is 0 Å². The monoisotopic (exact) mass is 374 g/mol. The maximum absolute atomic E-state index is 13.5. The van der Waals surface area contributed by atoms with Crippen molar-refractivity contribution in [2.45, 2.75) is 37.7 Å². The largest absolute Gasteiger partial charge is 0.409 e. The Balaban J connectivity index is 2.39. The minimum Gasteiger partial charge on any atom is -0.324 e. The van der Waals surface area contributed by atoms with Crippen molar-refractivity contribution in [3.8, 4) is 0 Å². The lowest BCUT2D eigenvalue weighted by atomic mass is 10.1. The predicted octanol–water partition coefficient (Wildman–Crippen LogP) is 3.00. The first-order chi connectivity index (χ1) is 11.6. The molecule has 5 nitrogen and oxygen atoms in total. The van der Waals surface area contributed by atoms with E-state index in [1.165, 1.54) is 25.1 Å². The number of nitrogens with zero attached hydrogens (tertiary/aromatic N) is 1. The quantitative estimate of drug-likeness (QED) is 0.880.